The molecule has 1 N–H and O–H groups in total. The van der Waals surface area contributed by atoms with Crippen molar-refractivity contribution in [3.05, 3.63) is 76.6 Å². The SMILES string of the molecule is C[C@H](CC(=O)O)CN1CCc2nc(-c3ccc(OCc4ccc(Cl)cc4)cc3)ncc2C1. The molecule has 0 unspecified atom stereocenters. The van der Waals surface area contributed by atoms with Gasteiger partial charge in [0.1, 0.15) is 12.4 Å². The molecule has 3 aromatic rings. The van der Waals surface area contributed by atoms with Gasteiger partial charge in [0.15, 0.2) is 5.82 Å². The molecule has 0 spiro atoms. The lowest BCUT2D eigenvalue weighted by Gasteiger charge is -2.29. The molecule has 1 aliphatic rings. The zero-order valence-electron chi connectivity index (χ0n) is 18.0. The smallest absolute Gasteiger partial charge is 0.303 e. The first kappa shape index (κ1) is 22.2. The predicted octanol–water partition coefficient (Wildman–Crippen LogP) is 4.84. The quantitative estimate of drug-likeness (QED) is 0.528. The van der Waals surface area contributed by atoms with Crippen LogP contribution in [0.25, 0.3) is 11.4 Å². The molecule has 0 fully saturated rings. The molecule has 4 rings (SSSR count). The molecule has 0 saturated heterocycles. The normalized spacial score (nSPS) is 14.6. The molecule has 6 nitrogen and oxygen atoms in total. The number of halogens is 1. The van der Waals surface area contributed by atoms with Gasteiger partial charge < -0.3 is 9.84 Å². The number of nitrogens with zero attached hydrogens (tertiary/aromatic N) is 3. The maximum Gasteiger partial charge on any atom is 0.303 e. The van der Waals surface area contributed by atoms with Crippen molar-refractivity contribution in [1.29, 1.82) is 0 Å². The Kier molecular flexibility index (Phi) is 7.02. The molecule has 2 aromatic carbocycles. The number of aliphatic carboxylic acids is 1. The van der Waals surface area contributed by atoms with Gasteiger partial charge in [-0.25, -0.2) is 9.97 Å². The first-order valence-electron chi connectivity index (χ1n) is 10.7. The number of hydrogen-bond acceptors (Lipinski definition) is 5. The van der Waals surface area contributed by atoms with Gasteiger partial charge in [0, 0.05) is 54.8 Å². The van der Waals surface area contributed by atoms with Gasteiger partial charge in [-0.1, -0.05) is 30.7 Å². The van der Waals surface area contributed by atoms with E-state index in [1.807, 2.05) is 61.7 Å². The standard InChI is InChI=1S/C25H26ClN3O3/c1-17(12-24(30)31)14-29-11-10-23-20(15-29)13-27-25(28-23)19-4-8-22(9-5-19)32-16-18-2-6-21(26)7-3-18/h2-9,13,17H,10-12,14-16H2,1H3,(H,30,31)/t17-/m1/s1. The number of aromatic nitrogens is 2. The van der Waals surface area contributed by atoms with Crippen molar-refractivity contribution in [2.24, 2.45) is 5.92 Å². The maximum atomic E-state index is 10.9. The third-order valence-electron chi connectivity index (χ3n) is 5.54. The second kappa shape index (κ2) is 10.1. The molecule has 0 radical (unpaired) electrons. The molecule has 7 heteroatoms. The molecular formula is C25H26ClN3O3. The van der Waals surface area contributed by atoms with Gasteiger partial charge in [-0.2, -0.15) is 0 Å². The fourth-order valence-corrected chi connectivity index (χ4v) is 4.05. The molecule has 1 aromatic heterocycles. The van der Waals surface area contributed by atoms with Gasteiger partial charge in [0.25, 0.3) is 0 Å². The van der Waals surface area contributed by atoms with Crippen molar-refractivity contribution in [1.82, 2.24) is 14.9 Å². The van der Waals surface area contributed by atoms with E-state index < -0.39 is 5.97 Å². The molecule has 32 heavy (non-hydrogen) atoms. The summed E-state index contributed by atoms with van der Waals surface area (Å²) in [7, 11) is 0. The van der Waals surface area contributed by atoms with Crippen molar-refractivity contribution < 1.29 is 14.6 Å². The van der Waals surface area contributed by atoms with E-state index >= 15 is 0 Å². The molecule has 1 atom stereocenters. The van der Waals surface area contributed by atoms with Crippen LogP contribution in [0.3, 0.4) is 0 Å². The fraction of sp³-hybridized carbons (Fsp3) is 0.320. The van der Waals surface area contributed by atoms with Gasteiger partial charge in [-0.3, -0.25) is 9.69 Å². The summed E-state index contributed by atoms with van der Waals surface area (Å²) in [5, 5.41) is 9.68. The van der Waals surface area contributed by atoms with E-state index in [9.17, 15) is 4.79 Å². The third-order valence-corrected chi connectivity index (χ3v) is 5.79. The van der Waals surface area contributed by atoms with E-state index in [0.29, 0.717) is 17.5 Å². The van der Waals surface area contributed by atoms with Crippen LogP contribution in [0, 0.1) is 5.92 Å². The number of ether oxygens (including phenoxy) is 1. The monoisotopic (exact) mass is 451 g/mol. The zero-order valence-corrected chi connectivity index (χ0v) is 18.8. The molecule has 2 heterocycles. The van der Waals surface area contributed by atoms with Gasteiger partial charge in [0.2, 0.25) is 0 Å². The first-order chi connectivity index (χ1) is 15.5. The average molecular weight is 452 g/mol. The number of carbonyl (C=O) groups is 1. The van der Waals surface area contributed by atoms with Crippen molar-refractivity contribution in [3.63, 3.8) is 0 Å². The number of carboxylic acids is 1. The van der Waals surface area contributed by atoms with E-state index in [0.717, 1.165) is 54.2 Å². The Morgan fingerprint density at radius 2 is 1.94 bits per heavy atom. The summed E-state index contributed by atoms with van der Waals surface area (Å²) >= 11 is 5.92. The number of hydrogen-bond donors (Lipinski definition) is 1. The molecule has 1 aliphatic heterocycles. The highest BCUT2D eigenvalue weighted by Gasteiger charge is 2.21. The Labute approximate surface area is 192 Å². The van der Waals surface area contributed by atoms with Crippen molar-refractivity contribution >= 4 is 17.6 Å². The second-order valence-corrected chi connectivity index (χ2v) is 8.73. The predicted molar refractivity (Wildman–Crippen MR) is 124 cm³/mol. The average Bonchev–Trinajstić information content (AvgIpc) is 2.78. The van der Waals surface area contributed by atoms with Crippen LogP contribution in [0.15, 0.2) is 54.7 Å². The molecular weight excluding hydrogens is 426 g/mol. The van der Waals surface area contributed by atoms with Crippen LogP contribution < -0.4 is 4.74 Å². The van der Waals surface area contributed by atoms with E-state index in [1.54, 1.807) is 0 Å². The first-order valence-corrected chi connectivity index (χ1v) is 11.1. The number of benzene rings is 2. The Morgan fingerprint density at radius 1 is 1.19 bits per heavy atom. The Bertz CT molecular complexity index is 1070. The van der Waals surface area contributed by atoms with Crippen LogP contribution in [0.4, 0.5) is 0 Å². The van der Waals surface area contributed by atoms with Crippen LogP contribution in [0.1, 0.15) is 30.2 Å². The lowest BCUT2D eigenvalue weighted by Crippen LogP contribution is -2.35. The zero-order chi connectivity index (χ0) is 22.5. The minimum absolute atomic E-state index is 0.120. The third kappa shape index (κ3) is 5.84. The minimum atomic E-state index is -0.746. The highest BCUT2D eigenvalue weighted by molar-refractivity contribution is 6.30. The molecule has 0 bridgehead atoms. The molecule has 166 valence electrons. The van der Waals surface area contributed by atoms with Crippen LogP contribution in [-0.2, 0) is 24.4 Å². The highest BCUT2D eigenvalue weighted by Crippen LogP contribution is 2.24. The Morgan fingerprint density at radius 3 is 2.66 bits per heavy atom. The van der Waals surface area contributed by atoms with Crippen LogP contribution in [-0.4, -0.2) is 39.0 Å². The summed E-state index contributed by atoms with van der Waals surface area (Å²) < 4.78 is 5.85. The van der Waals surface area contributed by atoms with Crippen molar-refractivity contribution in [3.8, 4) is 17.1 Å². The van der Waals surface area contributed by atoms with Crippen LogP contribution in [0.2, 0.25) is 5.02 Å². The van der Waals surface area contributed by atoms with Crippen molar-refractivity contribution in [2.45, 2.75) is 32.9 Å². The fourth-order valence-electron chi connectivity index (χ4n) is 3.92. The largest absolute Gasteiger partial charge is 0.489 e. The van der Waals surface area contributed by atoms with Gasteiger partial charge in [-0.15, -0.1) is 0 Å². The lowest BCUT2D eigenvalue weighted by molar-refractivity contribution is -0.138. The topological polar surface area (TPSA) is 75.5 Å². The molecule has 0 saturated carbocycles. The summed E-state index contributed by atoms with van der Waals surface area (Å²) in [5.41, 5.74) is 4.19. The van der Waals surface area contributed by atoms with Gasteiger partial charge >= 0.3 is 5.97 Å². The van der Waals surface area contributed by atoms with Crippen LogP contribution >= 0.6 is 11.6 Å². The summed E-state index contributed by atoms with van der Waals surface area (Å²) in [6, 6.07) is 15.4. The van der Waals surface area contributed by atoms with Gasteiger partial charge in [0.05, 0.1) is 5.69 Å². The van der Waals surface area contributed by atoms with Crippen LogP contribution in [0.5, 0.6) is 5.75 Å². The van der Waals surface area contributed by atoms with E-state index in [1.165, 1.54) is 0 Å². The lowest BCUT2D eigenvalue weighted by atomic mass is 10.0. The van der Waals surface area contributed by atoms with E-state index in [2.05, 4.69) is 9.88 Å². The second-order valence-electron chi connectivity index (χ2n) is 8.29. The van der Waals surface area contributed by atoms with Crippen molar-refractivity contribution in [2.75, 3.05) is 13.1 Å². The summed E-state index contributed by atoms with van der Waals surface area (Å²) in [6.45, 7) is 4.87. The van der Waals surface area contributed by atoms with E-state index in [-0.39, 0.29) is 12.3 Å². The maximum absolute atomic E-state index is 10.9. The minimum Gasteiger partial charge on any atom is -0.489 e. The Hall–Kier alpha value is -2.96. The highest BCUT2D eigenvalue weighted by atomic mass is 35.5. The number of fused-ring (bicyclic) bond motifs is 1. The summed E-state index contributed by atoms with van der Waals surface area (Å²) in [6.07, 6.45) is 2.93. The summed E-state index contributed by atoms with van der Waals surface area (Å²) in [5.74, 6) is 0.868. The number of rotatable bonds is 8. The summed E-state index contributed by atoms with van der Waals surface area (Å²) in [4.78, 5) is 22.6. The van der Waals surface area contributed by atoms with Gasteiger partial charge in [-0.05, 0) is 47.9 Å². The van der Waals surface area contributed by atoms with E-state index in [4.69, 9.17) is 26.4 Å². The number of carboxylic acid groups (broad SMARTS) is 1. The molecule has 0 aliphatic carbocycles. The Balaban J connectivity index is 1.36. The molecule has 0 amide bonds.